The van der Waals surface area contributed by atoms with Crippen LogP contribution in [0.4, 0.5) is 5.82 Å². The highest BCUT2D eigenvalue weighted by atomic mass is 35.5. The van der Waals surface area contributed by atoms with Crippen molar-refractivity contribution in [3.05, 3.63) is 18.3 Å². The number of nitrogens with zero attached hydrogens (tertiary/aromatic N) is 1. The van der Waals surface area contributed by atoms with Crippen LogP contribution >= 0.6 is 11.6 Å². The van der Waals surface area contributed by atoms with Crippen LogP contribution in [0.15, 0.2) is 18.3 Å². The summed E-state index contributed by atoms with van der Waals surface area (Å²) in [5, 5.41) is 3.50. The Hall–Kier alpha value is -0.960. The maximum absolute atomic E-state index is 5.90. The van der Waals surface area contributed by atoms with Gasteiger partial charge in [0.1, 0.15) is 0 Å². The molecule has 0 aliphatic heterocycles. The second-order valence-corrected chi connectivity index (χ2v) is 5.11. The van der Waals surface area contributed by atoms with Crippen LogP contribution in [-0.4, -0.2) is 23.5 Å². The molecule has 3 nitrogen and oxygen atoms in total. The Morgan fingerprint density at radius 2 is 2.17 bits per heavy atom. The second-order valence-electron chi connectivity index (χ2n) is 4.80. The summed E-state index contributed by atoms with van der Waals surface area (Å²) in [5.41, 5.74) is 0. The first-order valence-corrected chi connectivity index (χ1v) is 7.27. The molecule has 0 atom stereocenters. The van der Waals surface area contributed by atoms with Gasteiger partial charge in [0.15, 0.2) is 11.6 Å². The van der Waals surface area contributed by atoms with E-state index in [1.807, 2.05) is 19.1 Å². The van der Waals surface area contributed by atoms with Gasteiger partial charge in [0, 0.05) is 18.1 Å². The molecule has 0 spiro atoms. The summed E-state index contributed by atoms with van der Waals surface area (Å²) >= 11 is 5.90. The lowest BCUT2D eigenvalue weighted by Crippen LogP contribution is -2.27. The van der Waals surface area contributed by atoms with Crippen LogP contribution in [0.25, 0.3) is 0 Å². The van der Waals surface area contributed by atoms with Crippen molar-refractivity contribution >= 4 is 17.4 Å². The van der Waals surface area contributed by atoms with Gasteiger partial charge >= 0.3 is 0 Å². The predicted octanol–water partition coefficient (Wildman–Crippen LogP) is 3.69. The normalized spacial score (nSPS) is 23.7. The molecular formula is C14H21ClN2O. The van der Waals surface area contributed by atoms with Crippen LogP contribution in [0.3, 0.4) is 0 Å². The molecule has 1 saturated carbocycles. The number of rotatable bonds is 5. The van der Waals surface area contributed by atoms with E-state index in [4.69, 9.17) is 16.3 Å². The molecule has 100 valence electrons. The van der Waals surface area contributed by atoms with Crippen LogP contribution in [0, 0.1) is 5.92 Å². The van der Waals surface area contributed by atoms with Gasteiger partial charge in [-0.25, -0.2) is 4.98 Å². The zero-order chi connectivity index (χ0) is 12.8. The number of aromatic nitrogens is 1. The Kier molecular flexibility index (Phi) is 5.12. The van der Waals surface area contributed by atoms with E-state index in [1.165, 1.54) is 25.7 Å². The van der Waals surface area contributed by atoms with Crippen LogP contribution in [-0.2, 0) is 0 Å². The molecule has 1 N–H and O–H groups in total. The molecule has 0 radical (unpaired) electrons. The highest BCUT2D eigenvalue weighted by Gasteiger charge is 2.21. The molecule has 0 bridgehead atoms. The molecule has 18 heavy (non-hydrogen) atoms. The summed E-state index contributed by atoms with van der Waals surface area (Å²) in [6.45, 7) is 2.65. The fourth-order valence-electron chi connectivity index (χ4n) is 2.43. The van der Waals surface area contributed by atoms with E-state index in [0.29, 0.717) is 18.6 Å². The first kappa shape index (κ1) is 13.5. The Morgan fingerprint density at radius 1 is 1.39 bits per heavy atom. The maximum Gasteiger partial charge on any atom is 0.168 e. The molecule has 2 rings (SSSR count). The lowest BCUT2D eigenvalue weighted by atomic mass is 9.87. The highest BCUT2D eigenvalue weighted by molar-refractivity contribution is 6.18. The number of alkyl halides is 1. The quantitative estimate of drug-likeness (QED) is 0.827. The minimum Gasteiger partial charge on any atom is -0.490 e. The van der Waals surface area contributed by atoms with Crippen LogP contribution in [0.5, 0.6) is 5.75 Å². The van der Waals surface area contributed by atoms with Crippen LogP contribution in [0.2, 0.25) is 0 Å². The van der Waals surface area contributed by atoms with Crippen molar-refractivity contribution in [2.75, 3.05) is 17.8 Å². The maximum atomic E-state index is 5.90. The van der Waals surface area contributed by atoms with Crippen LogP contribution in [0.1, 0.15) is 32.6 Å². The molecule has 1 aromatic heterocycles. The third-order valence-electron chi connectivity index (χ3n) is 3.48. The fraction of sp³-hybridized carbons (Fsp3) is 0.643. The van der Waals surface area contributed by atoms with Crippen molar-refractivity contribution < 1.29 is 4.74 Å². The third-order valence-corrected chi connectivity index (χ3v) is 3.91. The molecule has 1 aromatic rings. The average Bonchev–Trinajstić information content (AvgIpc) is 2.42. The SMILES string of the molecule is CCOc1cccnc1NC1CCC(CCl)CC1. The smallest absolute Gasteiger partial charge is 0.168 e. The van der Waals surface area contributed by atoms with Gasteiger partial charge in [-0.3, -0.25) is 0 Å². The van der Waals surface area contributed by atoms with Crippen LogP contribution < -0.4 is 10.1 Å². The molecule has 0 amide bonds. The number of ether oxygens (including phenoxy) is 1. The topological polar surface area (TPSA) is 34.1 Å². The lowest BCUT2D eigenvalue weighted by Gasteiger charge is -2.28. The van der Waals surface area contributed by atoms with E-state index in [0.717, 1.165) is 17.4 Å². The Balaban J connectivity index is 1.93. The Bertz CT molecular complexity index is 365. The van der Waals surface area contributed by atoms with Gasteiger partial charge in [-0.2, -0.15) is 0 Å². The monoisotopic (exact) mass is 268 g/mol. The van der Waals surface area contributed by atoms with E-state index in [2.05, 4.69) is 10.3 Å². The summed E-state index contributed by atoms with van der Waals surface area (Å²) in [5.74, 6) is 3.20. The molecule has 0 unspecified atom stereocenters. The molecule has 1 aliphatic carbocycles. The molecule has 1 aliphatic rings. The first-order chi connectivity index (χ1) is 8.83. The summed E-state index contributed by atoms with van der Waals surface area (Å²) in [6.07, 6.45) is 6.55. The van der Waals surface area contributed by atoms with Gasteiger partial charge < -0.3 is 10.1 Å². The van der Waals surface area contributed by atoms with E-state index in [9.17, 15) is 0 Å². The van der Waals surface area contributed by atoms with E-state index >= 15 is 0 Å². The van der Waals surface area contributed by atoms with Gasteiger partial charge in [-0.05, 0) is 50.7 Å². The zero-order valence-electron chi connectivity index (χ0n) is 10.9. The minimum absolute atomic E-state index is 0.499. The third kappa shape index (κ3) is 3.52. The molecule has 0 saturated heterocycles. The Labute approximate surface area is 114 Å². The summed E-state index contributed by atoms with van der Waals surface area (Å²) in [6, 6.07) is 4.36. The standard InChI is InChI=1S/C14H21ClN2O/c1-2-18-13-4-3-9-16-14(13)17-12-7-5-11(10-15)6-8-12/h3-4,9,11-12H,2,5-8,10H2,1H3,(H,16,17). The first-order valence-electron chi connectivity index (χ1n) is 6.73. The van der Waals surface area contributed by atoms with Crippen molar-refractivity contribution in [1.29, 1.82) is 0 Å². The molecular weight excluding hydrogens is 248 g/mol. The average molecular weight is 269 g/mol. The number of hydrogen-bond acceptors (Lipinski definition) is 3. The highest BCUT2D eigenvalue weighted by Crippen LogP contribution is 2.29. The number of anilines is 1. The van der Waals surface area contributed by atoms with Crippen molar-refractivity contribution in [1.82, 2.24) is 4.98 Å². The number of hydrogen-bond donors (Lipinski definition) is 1. The molecule has 1 heterocycles. The molecule has 1 fully saturated rings. The largest absolute Gasteiger partial charge is 0.490 e. The van der Waals surface area contributed by atoms with E-state index in [1.54, 1.807) is 6.20 Å². The van der Waals surface area contributed by atoms with E-state index in [-0.39, 0.29) is 0 Å². The van der Waals surface area contributed by atoms with Gasteiger partial charge in [-0.15, -0.1) is 11.6 Å². The second kappa shape index (κ2) is 6.83. The van der Waals surface area contributed by atoms with Gasteiger partial charge in [0.05, 0.1) is 6.61 Å². The number of pyridine rings is 1. The molecule has 4 heteroatoms. The number of nitrogens with one attached hydrogen (secondary N) is 1. The zero-order valence-corrected chi connectivity index (χ0v) is 11.6. The van der Waals surface area contributed by atoms with Gasteiger partial charge in [-0.1, -0.05) is 0 Å². The van der Waals surface area contributed by atoms with Gasteiger partial charge in [0.2, 0.25) is 0 Å². The van der Waals surface area contributed by atoms with Crippen molar-refractivity contribution in [2.24, 2.45) is 5.92 Å². The fourth-order valence-corrected chi connectivity index (χ4v) is 2.73. The minimum atomic E-state index is 0.499. The van der Waals surface area contributed by atoms with E-state index < -0.39 is 0 Å². The molecule has 0 aromatic carbocycles. The van der Waals surface area contributed by atoms with Gasteiger partial charge in [0.25, 0.3) is 0 Å². The summed E-state index contributed by atoms with van der Waals surface area (Å²) < 4.78 is 5.57. The predicted molar refractivity (Wildman–Crippen MR) is 75.5 cm³/mol. The van der Waals surface area contributed by atoms with Crippen molar-refractivity contribution in [3.8, 4) is 5.75 Å². The van der Waals surface area contributed by atoms with Crippen molar-refractivity contribution in [2.45, 2.75) is 38.6 Å². The summed E-state index contributed by atoms with van der Waals surface area (Å²) in [7, 11) is 0. The Morgan fingerprint density at radius 3 is 2.83 bits per heavy atom. The lowest BCUT2D eigenvalue weighted by molar-refractivity contribution is 0.336. The number of halogens is 1. The summed E-state index contributed by atoms with van der Waals surface area (Å²) in [4.78, 5) is 4.37. The van der Waals surface area contributed by atoms with Crippen molar-refractivity contribution in [3.63, 3.8) is 0 Å².